The van der Waals surface area contributed by atoms with E-state index >= 15 is 0 Å². The Kier molecular flexibility index (Phi) is 4.11. The predicted octanol–water partition coefficient (Wildman–Crippen LogP) is 0.836. The van der Waals surface area contributed by atoms with Crippen molar-refractivity contribution in [3.05, 3.63) is 29.3 Å². The van der Waals surface area contributed by atoms with E-state index in [2.05, 4.69) is 5.32 Å². The summed E-state index contributed by atoms with van der Waals surface area (Å²) in [5, 5.41) is 3.18. The fraction of sp³-hybridized carbons (Fsp3) is 0.500. The number of rotatable bonds is 3. The third-order valence-electron chi connectivity index (χ3n) is 3.13. The maximum Gasteiger partial charge on any atom is 0.165 e. The molecule has 18 heavy (non-hydrogen) atoms. The molecule has 1 aliphatic rings. The van der Waals surface area contributed by atoms with Crippen LogP contribution in [-0.4, -0.2) is 38.2 Å². The van der Waals surface area contributed by atoms with Gasteiger partial charge in [0.15, 0.2) is 11.6 Å². The van der Waals surface area contributed by atoms with Crippen LogP contribution in [0.15, 0.2) is 12.1 Å². The topological polar surface area (TPSA) is 50.5 Å². The van der Waals surface area contributed by atoms with Crippen LogP contribution in [0.3, 0.4) is 0 Å². The molecule has 6 heteroatoms. The van der Waals surface area contributed by atoms with Crippen molar-refractivity contribution in [2.24, 2.45) is 5.73 Å². The first-order valence-corrected chi connectivity index (χ1v) is 5.86. The normalized spacial score (nSPS) is 18.7. The molecule has 1 aromatic rings. The summed E-state index contributed by atoms with van der Waals surface area (Å²) in [7, 11) is 1.30. The Morgan fingerprint density at radius 3 is 2.56 bits per heavy atom. The number of methoxy groups -OCH3 is 1. The zero-order valence-corrected chi connectivity index (χ0v) is 10.2. The molecule has 3 N–H and O–H groups in total. The van der Waals surface area contributed by atoms with E-state index in [-0.39, 0.29) is 11.3 Å². The van der Waals surface area contributed by atoms with Crippen LogP contribution in [-0.2, 0) is 0 Å². The average molecular weight is 257 g/mol. The van der Waals surface area contributed by atoms with Gasteiger partial charge in [0.25, 0.3) is 0 Å². The number of ether oxygens (including phenoxy) is 1. The molecule has 1 atom stereocenters. The Labute approximate surface area is 105 Å². The minimum atomic E-state index is -0.632. The van der Waals surface area contributed by atoms with Crippen molar-refractivity contribution < 1.29 is 13.5 Å². The van der Waals surface area contributed by atoms with Gasteiger partial charge in [-0.15, -0.1) is 0 Å². The van der Waals surface area contributed by atoms with Crippen LogP contribution in [0.1, 0.15) is 11.7 Å². The van der Waals surface area contributed by atoms with Gasteiger partial charge in [0.1, 0.15) is 5.82 Å². The number of nitrogens with one attached hydrogen (secondary N) is 1. The molecule has 1 fully saturated rings. The van der Waals surface area contributed by atoms with Crippen molar-refractivity contribution in [3.63, 3.8) is 0 Å². The van der Waals surface area contributed by atoms with E-state index in [0.29, 0.717) is 13.1 Å². The van der Waals surface area contributed by atoms with Crippen molar-refractivity contribution in [1.82, 2.24) is 10.2 Å². The SMILES string of the molecule is COc1cc(F)c(C(N)N2CCNCC2)cc1F. The van der Waals surface area contributed by atoms with Gasteiger partial charge in [0, 0.05) is 37.8 Å². The minimum absolute atomic E-state index is 0.108. The average Bonchev–Trinajstić information content (AvgIpc) is 2.41. The molecule has 0 saturated carbocycles. The van der Waals surface area contributed by atoms with Gasteiger partial charge in [-0.05, 0) is 6.07 Å². The molecule has 1 heterocycles. The smallest absolute Gasteiger partial charge is 0.165 e. The molecule has 100 valence electrons. The molecule has 4 nitrogen and oxygen atoms in total. The Morgan fingerprint density at radius 2 is 1.94 bits per heavy atom. The van der Waals surface area contributed by atoms with E-state index in [1.165, 1.54) is 7.11 Å². The van der Waals surface area contributed by atoms with Crippen LogP contribution < -0.4 is 15.8 Å². The van der Waals surface area contributed by atoms with E-state index < -0.39 is 17.8 Å². The summed E-state index contributed by atoms with van der Waals surface area (Å²) in [4.78, 5) is 1.92. The highest BCUT2D eigenvalue weighted by atomic mass is 19.1. The second-order valence-corrected chi connectivity index (χ2v) is 4.24. The molecule has 0 bridgehead atoms. The van der Waals surface area contributed by atoms with Gasteiger partial charge in [0.05, 0.1) is 13.3 Å². The lowest BCUT2D eigenvalue weighted by Gasteiger charge is -2.32. The molecule has 2 rings (SSSR count). The molecule has 1 aliphatic heterocycles. The fourth-order valence-corrected chi connectivity index (χ4v) is 2.08. The van der Waals surface area contributed by atoms with Crippen LogP contribution in [0.4, 0.5) is 8.78 Å². The Balaban J connectivity index is 2.23. The quantitative estimate of drug-likeness (QED) is 0.842. The first-order valence-electron chi connectivity index (χ1n) is 5.86. The summed E-state index contributed by atoms with van der Waals surface area (Å²) in [5.74, 6) is -1.25. The van der Waals surface area contributed by atoms with Crippen LogP contribution in [0, 0.1) is 11.6 Å². The number of halogens is 2. The molecule has 0 spiro atoms. The maximum absolute atomic E-state index is 13.9. The minimum Gasteiger partial charge on any atom is -0.494 e. The zero-order valence-electron chi connectivity index (χ0n) is 10.2. The molecular weight excluding hydrogens is 240 g/mol. The second-order valence-electron chi connectivity index (χ2n) is 4.24. The summed E-state index contributed by atoms with van der Waals surface area (Å²) in [6.45, 7) is 3.03. The first kappa shape index (κ1) is 13.2. The van der Waals surface area contributed by atoms with Crippen molar-refractivity contribution in [3.8, 4) is 5.75 Å². The van der Waals surface area contributed by atoms with Crippen molar-refractivity contribution in [2.45, 2.75) is 6.17 Å². The standard InChI is InChI=1S/C12H17F2N3O/c1-18-11-7-9(13)8(6-10(11)14)12(15)17-4-2-16-3-5-17/h6-7,12,16H,2-5,15H2,1H3. The number of nitrogens with zero attached hydrogens (tertiary/aromatic N) is 1. The van der Waals surface area contributed by atoms with E-state index in [9.17, 15) is 8.78 Å². The van der Waals surface area contributed by atoms with Gasteiger partial charge in [0.2, 0.25) is 0 Å². The largest absolute Gasteiger partial charge is 0.494 e. The molecule has 0 aliphatic carbocycles. The number of benzene rings is 1. The lowest BCUT2D eigenvalue weighted by Crippen LogP contribution is -2.47. The molecule has 1 saturated heterocycles. The van der Waals surface area contributed by atoms with E-state index in [1.807, 2.05) is 4.90 Å². The van der Waals surface area contributed by atoms with Crippen LogP contribution >= 0.6 is 0 Å². The van der Waals surface area contributed by atoms with Gasteiger partial charge >= 0.3 is 0 Å². The Morgan fingerprint density at radius 1 is 1.28 bits per heavy atom. The third kappa shape index (κ3) is 2.60. The fourth-order valence-electron chi connectivity index (χ4n) is 2.08. The van der Waals surface area contributed by atoms with Crippen LogP contribution in [0.25, 0.3) is 0 Å². The summed E-state index contributed by atoms with van der Waals surface area (Å²) in [6, 6.07) is 2.15. The maximum atomic E-state index is 13.9. The van der Waals surface area contributed by atoms with Crippen molar-refractivity contribution in [1.29, 1.82) is 0 Å². The number of piperazine rings is 1. The summed E-state index contributed by atoms with van der Waals surface area (Å²) < 4.78 is 32.2. The van der Waals surface area contributed by atoms with E-state index in [4.69, 9.17) is 10.5 Å². The van der Waals surface area contributed by atoms with E-state index in [0.717, 1.165) is 25.2 Å². The summed E-state index contributed by atoms with van der Waals surface area (Å²) >= 11 is 0. The molecule has 0 aromatic heterocycles. The molecule has 1 aromatic carbocycles. The van der Waals surface area contributed by atoms with Crippen LogP contribution in [0.5, 0.6) is 5.75 Å². The second kappa shape index (κ2) is 5.60. The lowest BCUT2D eigenvalue weighted by molar-refractivity contribution is 0.173. The molecule has 0 radical (unpaired) electrons. The molecule has 1 unspecified atom stereocenters. The summed E-state index contributed by atoms with van der Waals surface area (Å²) in [6.07, 6.45) is -0.632. The van der Waals surface area contributed by atoms with Gasteiger partial charge in [-0.25, -0.2) is 8.78 Å². The van der Waals surface area contributed by atoms with Gasteiger partial charge in [-0.2, -0.15) is 0 Å². The highest BCUT2D eigenvalue weighted by Gasteiger charge is 2.22. The van der Waals surface area contributed by atoms with Gasteiger partial charge < -0.3 is 15.8 Å². The van der Waals surface area contributed by atoms with Crippen molar-refractivity contribution in [2.75, 3.05) is 33.3 Å². The molecular formula is C12H17F2N3O. The highest BCUT2D eigenvalue weighted by molar-refractivity contribution is 5.32. The Hall–Kier alpha value is -1.24. The lowest BCUT2D eigenvalue weighted by atomic mass is 10.1. The van der Waals surface area contributed by atoms with Crippen molar-refractivity contribution >= 4 is 0 Å². The first-order chi connectivity index (χ1) is 8.63. The summed E-state index contributed by atoms with van der Waals surface area (Å²) in [5.41, 5.74) is 6.14. The number of hydrogen-bond acceptors (Lipinski definition) is 4. The van der Waals surface area contributed by atoms with Gasteiger partial charge in [-0.1, -0.05) is 0 Å². The highest BCUT2D eigenvalue weighted by Crippen LogP contribution is 2.26. The number of nitrogens with two attached hydrogens (primary N) is 1. The Bertz CT molecular complexity index is 422. The third-order valence-corrected chi connectivity index (χ3v) is 3.13. The molecule has 0 amide bonds. The van der Waals surface area contributed by atoms with Crippen LogP contribution in [0.2, 0.25) is 0 Å². The zero-order chi connectivity index (χ0) is 13.1. The number of hydrogen-bond donors (Lipinski definition) is 2. The predicted molar refractivity (Wildman–Crippen MR) is 64.3 cm³/mol. The van der Waals surface area contributed by atoms with E-state index in [1.54, 1.807) is 0 Å². The monoisotopic (exact) mass is 257 g/mol. The van der Waals surface area contributed by atoms with Gasteiger partial charge in [-0.3, -0.25) is 4.90 Å².